The molecule has 4 nitrogen and oxygen atoms in total. The third-order valence-corrected chi connectivity index (χ3v) is 1.73. The van der Waals surface area contributed by atoms with Crippen LogP contribution in [0.1, 0.15) is 0 Å². The number of hydrogen-bond donors (Lipinski definition) is 2. The molecule has 0 radical (unpaired) electrons. The van der Waals surface area contributed by atoms with Gasteiger partial charge in [0.05, 0.1) is 0 Å². The van der Waals surface area contributed by atoms with Gasteiger partial charge in [-0.1, -0.05) is 0 Å². The third-order valence-electron chi connectivity index (χ3n) is 0.468. The van der Waals surface area contributed by atoms with Gasteiger partial charge < -0.3 is 0 Å². The van der Waals surface area contributed by atoms with Gasteiger partial charge in [0.1, 0.15) is 0 Å². The summed E-state index contributed by atoms with van der Waals surface area (Å²) < 4.78 is -1.25. The second-order valence-corrected chi connectivity index (χ2v) is 2.55. The summed E-state index contributed by atoms with van der Waals surface area (Å²) in [7, 11) is 0. The summed E-state index contributed by atoms with van der Waals surface area (Å²) in [5, 5.41) is 16.0. The van der Waals surface area contributed by atoms with Crippen molar-refractivity contribution in [3.63, 3.8) is 0 Å². The average molecular weight is 232 g/mol. The number of aliphatic carboxylic acids is 2. The molecule has 0 saturated carbocycles. The standard InChI is InChI=1S/C3H4O4Te/c4-2(5)1(8)3(6)7/h1,8H,(H,4,5)(H,6,7). The molecule has 0 unspecified atom stereocenters. The monoisotopic (exact) mass is 234 g/mol. The summed E-state index contributed by atoms with van der Waals surface area (Å²) in [4.78, 5) is 19.5. The first kappa shape index (κ1) is 7.73. The van der Waals surface area contributed by atoms with E-state index in [1.54, 1.807) is 0 Å². The Labute approximate surface area is 58.4 Å². The van der Waals surface area contributed by atoms with Gasteiger partial charge in [0.2, 0.25) is 0 Å². The summed E-state index contributed by atoms with van der Waals surface area (Å²) in [6, 6.07) is 0. The van der Waals surface area contributed by atoms with Gasteiger partial charge in [0.25, 0.3) is 0 Å². The molecule has 0 aromatic carbocycles. The fourth-order valence-corrected chi connectivity index (χ4v) is 0.106. The molecule has 0 rings (SSSR count). The van der Waals surface area contributed by atoms with Gasteiger partial charge in [0, 0.05) is 0 Å². The molecule has 0 spiro atoms. The van der Waals surface area contributed by atoms with Gasteiger partial charge in [-0.25, -0.2) is 0 Å². The van der Waals surface area contributed by atoms with Crippen LogP contribution in [0.5, 0.6) is 0 Å². The van der Waals surface area contributed by atoms with Crippen molar-refractivity contribution < 1.29 is 19.8 Å². The van der Waals surface area contributed by atoms with Crippen LogP contribution in [-0.4, -0.2) is 44.4 Å². The van der Waals surface area contributed by atoms with Crippen molar-refractivity contribution in [2.24, 2.45) is 0 Å². The van der Waals surface area contributed by atoms with Crippen molar-refractivity contribution in [2.45, 2.75) is 3.97 Å². The molecule has 0 bridgehead atoms. The van der Waals surface area contributed by atoms with Gasteiger partial charge in [-0.2, -0.15) is 0 Å². The molecule has 8 heavy (non-hydrogen) atoms. The zero-order chi connectivity index (χ0) is 6.73. The number of carbonyl (C=O) groups is 2. The SMILES string of the molecule is O=C(O)C([TeH])C(=O)O. The van der Waals surface area contributed by atoms with Crippen LogP contribution in [0.2, 0.25) is 3.97 Å². The van der Waals surface area contributed by atoms with Crippen LogP contribution in [0, 0.1) is 0 Å². The Balaban J connectivity index is 3.83. The van der Waals surface area contributed by atoms with Crippen LogP contribution in [0.3, 0.4) is 0 Å². The second kappa shape index (κ2) is 2.90. The normalized spacial score (nSPS) is 9.25. The number of hydrogen-bond acceptors (Lipinski definition) is 2. The quantitative estimate of drug-likeness (QED) is 0.465. The van der Waals surface area contributed by atoms with Gasteiger partial charge in [-0.15, -0.1) is 0 Å². The molecule has 0 aromatic heterocycles. The molecule has 0 amide bonds. The molecule has 5 heteroatoms. The Hall–Kier alpha value is -0.270. The van der Waals surface area contributed by atoms with E-state index in [-0.39, 0.29) is 0 Å². The van der Waals surface area contributed by atoms with E-state index in [0.29, 0.717) is 0 Å². The van der Waals surface area contributed by atoms with Crippen LogP contribution in [-0.2, 0) is 9.59 Å². The van der Waals surface area contributed by atoms with Crippen molar-refractivity contribution in [1.82, 2.24) is 0 Å². The zero-order valence-corrected chi connectivity index (χ0v) is 6.29. The van der Waals surface area contributed by atoms with E-state index < -0.39 is 15.9 Å². The molecule has 0 saturated heterocycles. The van der Waals surface area contributed by atoms with Crippen LogP contribution >= 0.6 is 0 Å². The van der Waals surface area contributed by atoms with E-state index in [9.17, 15) is 9.59 Å². The molecule has 0 heterocycles. The van der Waals surface area contributed by atoms with E-state index in [1.165, 1.54) is 0 Å². The van der Waals surface area contributed by atoms with Gasteiger partial charge in [0.15, 0.2) is 0 Å². The van der Waals surface area contributed by atoms with E-state index in [2.05, 4.69) is 0 Å². The van der Waals surface area contributed by atoms with Crippen LogP contribution < -0.4 is 0 Å². The van der Waals surface area contributed by atoms with E-state index in [0.717, 1.165) is 22.3 Å². The summed E-state index contributed by atoms with van der Waals surface area (Å²) in [6.07, 6.45) is 0. The number of carboxylic acids is 2. The Morgan fingerprint density at radius 1 is 1.25 bits per heavy atom. The van der Waals surface area contributed by atoms with Gasteiger partial charge >= 0.3 is 58.0 Å². The molecule has 2 N–H and O–H groups in total. The Kier molecular flexibility index (Phi) is 2.80. The average Bonchev–Trinajstić information content (AvgIpc) is 1.64. The summed E-state index contributed by atoms with van der Waals surface area (Å²) in [5.41, 5.74) is 0. The fourth-order valence-electron chi connectivity index (χ4n) is 0.106. The maximum atomic E-state index is 9.77. The van der Waals surface area contributed by atoms with Crippen molar-refractivity contribution >= 4 is 34.2 Å². The van der Waals surface area contributed by atoms with Crippen LogP contribution in [0.4, 0.5) is 0 Å². The summed E-state index contributed by atoms with van der Waals surface area (Å²) >= 11 is 0.771. The van der Waals surface area contributed by atoms with Gasteiger partial charge in [-0.3, -0.25) is 0 Å². The Morgan fingerprint density at radius 3 is 1.50 bits per heavy atom. The molecular weight excluding hydrogens is 228 g/mol. The Bertz CT molecular complexity index is 106. The van der Waals surface area contributed by atoms with Crippen molar-refractivity contribution in [3.05, 3.63) is 0 Å². The second-order valence-electron chi connectivity index (χ2n) is 1.08. The first-order chi connectivity index (χ1) is 3.55. The molecular formula is C3H4O4Te. The zero-order valence-electron chi connectivity index (χ0n) is 3.74. The summed E-state index contributed by atoms with van der Waals surface area (Å²) in [6.45, 7) is 0. The molecule has 0 aliphatic carbocycles. The Morgan fingerprint density at radius 2 is 1.50 bits per heavy atom. The fraction of sp³-hybridized carbons (Fsp3) is 0.333. The van der Waals surface area contributed by atoms with E-state index in [1.807, 2.05) is 0 Å². The van der Waals surface area contributed by atoms with E-state index >= 15 is 0 Å². The van der Waals surface area contributed by atoms with Crippen molar-refractivity contribution in [3.8, 4) is 0 Å². The van der Waals surface area contributed by atoms with Crippen LogP contribution in [0.25, 0.3) is 0 Å². The minimum absolute atomic E-state index is 0.771. The van der Waals surface area contributed by atoms with Crippen LogP contribution in [0.15, 0.2) is 0 Å². The van der Waals surface area contributed by atoms with Gasteiger partial charge in [-0.05, 0) is 0 Å². The topological polar surface area (TPSA) is 74.6 Å². The molecule has 46 valence electrons. The van der Waals surface area contributed by atoms with E-state index in [4.69, 9.17) is 10.2 Å². The number of carboxylic acid groups (broad SMARTS) is 2. The third kappa shape index (κ3) is 2.15. The molecule has 0 aliphatic heterocycles. The predicted octanol–water partition coefficient (Wildman–Crippen LogP) is -1.16. The predicted molar refractivity (Wildman–Crippen MR) is 26.2 cm³/mol. The molecule has 0 aliphatic rings. The van der Waals surface area contributed by atoms with Crippen molar-refractivity contribution in [2.75, 3.05) is 0 Å². The minimum atomic E-state index is -1.29. The molecule has 0 aromatic rings. The van der Waals surface area contributed by atoms with Crippen molar-refractivity contribution in [1.29, 1.82) is 0 Å². The first-order valence-electron chi connectivity index (χ1n) is 1.69. The first-order valence-corrected chi connectivity index (χ1v) is 3.16. The number of rotatable bonds is 2. The molecule has 0 fully saturated rings. The molecule has 0 atom stereocenters. The maximum absolute atomic E-state index is 9.77. The summed E-state index contributed by atoms with van der Waals surface area (Å²) in [5.74, 6) is -2.57.